The van der Waals surface area contributed by atoms with Crippen molar-refractivity contribution < 1.29 is 29.0 Å². The number of rotatable bonds is 7. The molecule has 8 atom stereocenters. The quantitative estimate of drug-likeness (QED) is 0.245. The molecule has 4 fully saturated rings. The number of Topliss-reactive ketones (excluding diaryl/α,β-unsaturated/α-hetero) is 1. The fourth-order valence-electron chi connectivity index (χ4n) is 12.4. The van der Waals surface area contributed by atoms with Crippen LogP contribution in [-0.4, -0.2) is 45.5 Å². The summed E-state index contributed by atoms with van der Waals surface area (Å²) in [6.45, 7) is 19.4. The largest absolute Gasteiger partial charge is 0.481 e. The Morgan fingerprint density at radius 1 is 0.940 bits per heavy atom. The molecule has 1 aromatic rings. The van der Waals surface area contributed by atoms with Crippen molar-refractivity contribution in [1.29, 1.82) is 0 Å². The van der Waals surface area contributed by atoms with Crippen LogP contribution >= 0.6 is 0 Å². The summed E-state index contributed by atoms with van der Waals surface area (Å²) in [6, 6.07) is 3.25. The highest BCUT2D eigenvalue weighted by atomic mass is 16.5. The van der Waals surface area contributed by atoms with Crippen LogP contribution in [0.1, 0.15) is 127 Å². The Labute approximate surface area is 298 Å². The number of aromatic nitrogens is 1. The number of carboxylic acid groups (broad SMARTS) is 1. The lowest BCUT2D eigenvalue weighted by Gasteiger charge is -2.72. The first kappa shape index (κ1) is 36.6. The fourth-order valence-corrected chi connectivity index (χ4v) is 12.4. The number of carbonyl (C=O) groups excluding carboxylic acids is 3. The van der Waals surface area contributed by atoms with Crippen molar-refractivity contribution in [3.63, 3.8) is 0 Å². The summed E-state index contributed by atoms with van der Waals surface area (Å²) in [4.78, 5) is 56.3. The van der Waals surface area contributed by atoms with Crippen LogP contribution in [-0.2, 0) is 19.1 Å². The Balaban J connectivity index is 1.28. The molecular formula is C41H59N3O6. The van der Waals surface area contributed by atoms with E-state index in [2.05, 4.69) is 64.1 Å². The van der Waals surface area contributed by atoms with Crippen LogP contribution in [0.25, 0.3) is 0 Å². The van der Waals surface area contributed by atoms with Crippen LogP contribution in [0.3, 0.4) is 0 Å². The van der Waals surface area contributed by atoms with Crippen LogP contribution in [0.2, 0.25) is 0 Å². The fraction of sp³-hybridized carbons (Fsp3) is 0.732. The van der Waals surface area contributed by atoms with Crippen molar-refractivity contribution in [2.24, 2.45) is 50.7 Å². The average Bonchev–Trinajstić information content (AvgIpc) is 3.30. The van der Waals surface area contributed by atoms with E-state index >= 15 is 0 Å². The normalized spacial score (nSPS) is 37.6. The maximum atomic E-state index is 13.9. The van der Waals surface area contributed by atoms with Gasteiger partial charge in [0.2, 0.25) is 0 Å². The Hall–Kier alpha value is -3.23. The van der Waals surface area contributed by atoms with E-state index in [0.717, 1.165) is 56.9 Å². The number of carbonyl (C=O) groups is 4. The number of amides is 2. The number of allylic oxidation sites excluding steroid dienone is 1. The van der Waals surface area contributed by atoms with Gasteiger partial charge in [-0.05, 0) is 128 Å². The molecule has 0 radical (unpaired) electrons. The molecule has 50 heavy (non-hydrogen) atoms. The Bertz CT molecular complexity index is 1600. The minimum absolute atomic E-state index is 0.0262. The number of nitrogens with zero attached hydrogens (tertiary/aromatic N) is 1. The van der Waals surface area contributed by atoms with Crippen LogP contribution in [0, 0.1) is 50.7 Å². The molecule has 0 spiro atoms. The third-order valence-electron chi connectivity index (χ3n) is 15.1. The van der Waals surface area contributed by atoms with Gasteiger partial charge in [-0.2, -0.15) is 0 Å². The predicted molar refractivity (Wildman–Crippen MR) is 192 cm³/mol. The van der Waals surface area contributed by atoms with E-state index in [1.165, 1.54) is 5.57 Å². The second-order valence-corrected chi connectivity index (χ2v) is 18.8. The number of fused-ring (bicyclic) bond motifs is 7. The van der Waals surface area contributed by atoms with Gasteiger partial charge < -0.3 is 20.5 Å². The SMILES string of the molecule is CC(C)C1=C2[C@H]3CC[C@@H]4[C@@]5(C)CC[C@H](OC(=O)CC(C)(C)C(=O)O)C(C)(C)[C@@H]5CC[C@@]4(C)[C@]3(C)CC[C@@]2(NC(=O)Nc2ccncc2)CC1=O. The number of urea groups is 1. The zero-order valence-corrected chi connectivity index (χ0v) is 31.7. The first-order valence-corrected chi connectivity index (χ1v) is 18.9. The number of pyridine rings is 1. The van der Waals surface area contributed by atoms with E-state index < -0.39 is 22.9 Å². The number of nitrogens with one attached hydrogen (secondary N) is 2. The van der Waals surface area contributed by atoms with E-state index in [9.17, 15) is 24.3 Å². The van der Waals surface area contributed by atoms with Crippen molar-refractivity contribution in [3.05, 3.63) is 35.7 Å². The minimum atomic E-state index is -1.17. The van der Waals surface area contributed by atoms with E-state index in [4.69, 9.17) is 4.74 Å². The van der Waals surface area contributed by atoms with Gasteiger partial charge >= 0.3 is 18.0 Å². The molecule has 0 bridgehead atoms. The summed E-state index contributed by atoms with van der Waals surface area (Å²) in [6.07, 6.45) is 10.8. The number of esters is 1. The van der Waals surface area contributed by atoms with Gasteiger partial charge in [-0.3, -0.25) is 19.4 Å². The van der Waals surface area contributed by atoms with Gasteiger partial charge in [-0.1, -0.05) is 48.5 Å². The van der Waals surface area contributed by atoms with Crippen LogP contribution < -0.4 is 10.6 Å². The third kappa shape index (κ3) is 5.51. The third-order valence-corrected chi connectivity index (χ3v) is 15.1. The average molecular weight is 690 g/mol. The number of ketones is 1. The van der Waals surface area contributed by atoms with E-state index in [1.54, 1.807) is 38.4 Å². The molecule has 5 aliphatic rings. The summed E-state index contributed by atoms with van der Waals surface area (Å²) in [5.41, 5.74) is 0.718. The molecule has 1 aromatic heterocycles. The highest BCUT2D eigenvalue weighted by molar-refractivity contribution is 6.03. The standard InChI is InChI=1S/C41H59N3O6/c1-24(2)32-27(45)22-41(44-35(49)43-25-14-20-42-21-15-25)19-18-39(8)26(33(32)41)10-11-29-38(7)16-13-30(50-31(46)23-36(3,4)34(47)48)37(5,6)28(38)12-17-40(29,39)9/h14-15,20-21,24,26,28-30H,10-13,16-19,22-23H2,1-9H3,(H,47,48)(H2,42,43,44,49)/t26-,28+,29-,30+,38+,39-,40-,41-/m1/s1. The predicted octanol–water partition coefficient (Wildman–Crippen LogP) is 8.35. The summed E-state index contributed by atoms with van der Waals surface area (Å²) in [5, 5.41) is 15.9. The van der Waals surface area contributed by atoms with E-state index in [1.807, 2.05) is 0 Å². The molecule has 0 aromatic carbocycles. The van der Waals surface area contributed by atoms with E-state index in [0.29, 0.717) is 23.9 Å². The minimum Gasteiger partial charge on any atom is -0.481 e. The van der Waals surface area contributed by atoms with Crippen molar-refractivity contribution in [2.45, 2.75) is 138 Å². The molecule has 3 N–H and O–H groups in total. The number of carboxylic acids is 1. The Morgan fingerprint density at radius 3 is 2.26 bits per heavy atom. The van der Waals surface area contributed by atoms with Crippen molar-refractivity contribution in [1.82, 2.24) is 10.3 Å². The van der Waals surface area contributed by atoms with Gasteiger partial charge in [0.05, 0.1) is 17.4 Å². The summed E-state index contributed by atoms with van der Waals surface area (Å²) in [5.74, 6) is -0.159. The van der Waals surface area contributed by atoms with Crippen LogP contribution in [0.4, 0.5) is 10.5 Å². The maximum Gasteiger partial charge on any atom is 0.319 e. The molecule has 9 nitrogen and oxygen atoms in total. The molecule has 0 unspecified atom stereocenters. The van der Waals surface area contributed by atoms with Crippen molar-refractivity contribution in [2.75, 3.05) is 5.32 Å². The second kappa shape index (κ2) is 12.2. The lowest BCUT2D eigenvalue weighted by molar-refractivity contribution is -0.232. The molecule has 2 amide bonds. The molecule has 0 aliphatic heterocycles. The molecule has 274 valence electrons. The summed E-state index contributed by atoms with van der Waals surface area (Å²) < 4.78 is 6.14. The molecule has 4 saturated carbocycles. The first-order chi connectivity index (χ1) is 23.2. The summed E-state index contributed by atoms with van der Waals surface area (Å²) in [7, 11) is 0. The number of hydrogen-bond acceptors (Lipinski definition) is 6. The number of aliphatic carboxylic acids is 1. The second-order valence-electron chi connectivity index (χ2n) is 18.8. The van der Waals surface area contributed by atoms with Gasteiger partial charge in [0.1, 0.15) is 6.10 Å². The highest BCUT2D eigenvalue weighted by Crippen LogP contribution is 2.76. The molecule has 0 saturated heterocycles. The summed E-state index contributed by atoms with van der Waals surface area (Å²) >= 11 is 0. The number of anilines is 1. The molecule has 1 heterocycles. The van der Waals surface area contributed by atoms with Gasteiger partial charge in [0, 0.05) is 29.9 Å². The Kier molecular flexibility index (Phi) is 8.91. The zero-order valence-electron chi connectivity index (χ0n) is 31.7. The Morgan fingerprint density at radius 2 is 1.62 bits per heavy atom. The number of hydrogen-bond donors (Lipinski definition) is 3. The lowest BCUT2D eigenvalue weighted by atomic mass is 9.33. The first-order valence-electron chi connectivity index (χ1n) is 18.9. The van der Waals surface area contributed by atoms with Gasteiger partial charge in [-0.15, -0.1) is 0 Å². The van der Waals surface area contributed by atoms with Crippen molar-refractivity contribution >= 4 is 29.4 Å². The molecular weight excluding hydrogens is 630 g/mol. The lowest BCUT2D eigenvalue weighted by Crippen LogP contribution is -2.67. The monoisotopic (exact) mass is 689 g/mol. The topological polar surface area (TPSA) is 135 Å². The van der Waals surface area contributed by atoms with Crippen molar-refractivity contribution in [3.8, 4) is 0 Å². The smallest absolute Gasteiger partial charge is 0.319 e. The van der Waals surface area contributed by atoms with E-state index in [-0.39, 0.29) is 57.8 Å². The maximum absolute atomic E-state index is 13.9. The molecule has 5 aliphatic carbocycles. The molecule has 9 heteroatoms. The van der Waals surface area contributed by atoms with Gasteiger partial charge in [0.15, 0.2) is 5.78 Å². The van der Waals surface area contributed by atoms with Gasteiger partial charge in [0.25, 0.3) is 0 Å². The van der Waals surface area contributed by atoms with Crippen LogP contribution in [0.5, 0.6) is 0 Å². The molecule has 6 rings (SSSR count). The van der Waals surface area contributed by atoms with Gasteiger partial charge in [-0.25, -0.2) is 4.79 Å². The zero-order chi connectivity index (χ0) is 36.7. The number of ether oxygens (including phenoxy) is 1. The van der Waals surface area contributed by atoms with Crippen LogP contribution in [0.15, 0.2) is 35.7 Å². The highest BCUT2D eigenvalue weighted by Gasteiger charge is 2.70.